The number of benzene rings is 2. The fourth-order valence-corrected chi connectivity index (χ4v) is 3.48. The van der Waals surface area contributed by atoms with E-state index in [1.54, 1.807) is 13.0 Å². The van der Waals surface area contributed by atoms with Crippen LogP contribution in [0.25, 0.3) is 0 Å². The fraction of sp³-hybridized carbons (Fsp3) is 0.381. The van der Waals surface area contributed by atoms with E-state index in [0.29, 0.717) is 5.56 Å². The number of amides is 2. The average molecular weight is 406 g/mol. The van der Waals surface area contributed by atoms with Gasteiger partial charge in [0.25, 0.3) is 0 Å². The van der Waals surface area contributed by atoms with Crippen LogP contribution in [0.3, 0.4) is 0 Å². The Morgan fingerprint density at radius 2 is 1.76 bits per heavy atom. The minimum Gasteiger partial charge on any atom is -0.369 e. The van der Waals surface area contributed by atoms with Crippen LogP contribution < -0.4 is 15.5 Å². The van der Waals surface area contributed by atoms with Crippen LogP contribution in [0, 0.1) is 17.5 Å². The molecule has 1 unspecified atom stereocenters. The Labute approximate surface area is 168 Å². The quantitative estimate of drug-likeness (QED) is 0.785. The summed E-state index contributed by atoms with van der Waals surface area (Å²) in [5.41, 5.74) is 1.67. The molecule has 0 aliphatic carbocycles. The molecular weight excluding hydrogens is 381 g/mol. The van der Waals surface area contributed by atoms with Crippen molar-refractivity contribution >= 4 is 17.4 Å². The van der Waals surface area contributed by atoms with Gasteiger partial charge in [-0.1, -0.05) is 6.92 Å². The van der Waals surface area contributed by atoms with Gasteiger partial charge in [-0.25, -0.2) is 18.0 Å². The van der Waals surface area contributed by atoms with Gasteiger partial charge in [-0.15, -0.1) is 0 Å². The third-order valence-corrected chi connectivity index (χ3v) is 5.14. The normalized spacial score (nSPS) is 15.8. The largest absolute Gasteiger partial charge is 0.369 e. The molecule has 1 aliphatic heterocycles. The lowest BCUT2D eigenvalue weighted by Crippen LogP contribution is -2.46. The number of anilines is 2. The molecule has 0 radical (unpaired) electrons. The van der Waals surface area contributed by atoms with E-state index in [0.717, 1.165) is 50.5 Å². The van der Waals surface area contributed by atoms with Crippen molar-refractivity contribution in [2.75, 3.05) is 42.9 Å². The summed E-state index contributed by atoms with van der Waals surface area (Å²) in [6.07, 6.45) is 0. The molecule has 0 saturated carbocycles. The number of likely N-dealkylation sites (N-methyl/N-ethyl adjacent to an activating group) is 1. The van der Waals surface area contributed by atoms with Gasteiger partial charge in [-0.3, -0.25) is 0 Å². The van der Waals surface area contributed by atoms with Gasteiger partial charge in [0.1, 0.15) is 5.82 Å². The number of nitrogens with zero attached hydrogens (tertiary/aromatic N) is 2. The number of carbonyl (C=O) groups excluding carboxylic acids is 1. The van der Waals surface area contributed by atoms with Crippen LogP contribution in [0.4, 0.5) is 29.3 Å². The maximum absolute atomic E-state index is 13.9. The highest BCUT2D eigenvalue weighted by Crippen LogP contribution is 2.28. The Morgan fingerprint density at radius 1 is 1.03 bits per heavy atom. The van der Waals surface area contributed by atoms with Gasteiger partial charge in [0, 0.05) is 49.2 Å². The molecule has 1 heterocycles. The molecule has 29 heavy (non-hydrogen) atoms. The molecule has 1 atom stereocenters. The lowest BCUT2D eigenvalue weighted by molar-refractivity contribution is 0.249. The number of hydrogen-bond acceptors (Lipinski definition) is 3. The van der Waals surface area contributed by atoms with Crippen LogP contribution in [0.15, 0.2) is 36.4 Å². The maximum Gasteiger partial charge on any atom is 0.319 e. The summed E-state index contributed by atoms with van der Waals surface area (Å²) in [6.45, 7) is 8.35. The van der Waals surface area contributed by atoms with Gasteiger partial charge in [-0.05, 0) is 43.8 Å². The number of urea groups is 1. The van der Waals surface area contributed by atoms with Crippen LogP contribution in [0.2, 0.25) is 0 Å². The molecule has 1 aliphatic rings. The molecule has 3 rings (SSSR count). The van der Waals surface area contributed by atoms with Crippen LogP contribution in [-0.4, -0.2) is 43.7 Å². The van der Waals surface area contributed by atoms with Gasteiger partial charge >= 0.3 is 6.03 Å². The minimum atomic E-state index is -1.05. The fourth-order valence-electron chi connectivity index (χ4n) is 3.48. The molecule has 2 aromatic rings. The van der Waals surface area contributed by atoms with Crippen molar-refractivity contribution in [3.05, 3.63) is 59.4 Å². The van der Waals surface area contributed by atoms with Gasteiger partial charge in [-0.2, -0.15) is 0 Å². The molecule has 0 bridgehead atoms. The first-order valence-corrected chi connectivity index (χ1v) is 9.66. The third kappa shape index (κ3) is 5.20. The zero-order valence-electron chi connectivity index (χ0n) is 16.5. The predicted octanol–water partition coefficient (Wildman–Crippen LogP) is 4.13. The Bertz CT molecular complexity index is 869. The molecule has 1 saturated heterocycles. The molecule has 8 heteroatoms. The first kappa shape index (κ1) is 21.0. The van der Waals surface area contributed by atoms with E-state index in [9.17, 15) is 18.0 Å². The first-order chi connectivity index (χ1) is 13.9. The van der Waals surface area contributed by atoms with Gasteiger partial charge < -0.3 is 20.4 Å². The summed E-state index contributed by atoms with van der Waals surface area (Å²) >= 11 is 0. The van der Waals surface area contributed by atoms with E-state index >= 15 is 0 Å². The van der Waals surface area contributed by atoms with E-state index in [4.69, 9.17) is 0 Å². The van der Waals surface area contributed by atoms with Gasteiger partial charge in [0.05, 0.1) is 6.04 Å². The summed E-state index contributed by atoms with van der Waals surface area (Å²) in [6, 6.07) is 6.60. The van der Waals surface area contributed by atoms with Gasteiger partial charge in [0.2, 0.25) is 0 Å². The van der Waals surface area contributed by atoms with E-state index in [1.807, 2.05) is 0 Å². The molecule has 2 amide bonds. The third-order valence-electron chi connectivity index (χ3n) is 5.14. The first-order valence-electron chi connectivity index (χ1n) is 9.66. The Hall–Kier alpha value is -2.74. The highest BCUT2D eigenvalue weighted by Gasteiger charge is 2.22. The van der Waals surface area contributed by atoms with E-state index < -0.39 is 23.7 Å². The Balaban J connectivity index is 1.71. The molecule has 5 nitrogen and oxygen atoms in total. The van der Waals surface area contributed by atoms with E-state index in [-0.39, 0.29) is 11.5 Å². The summed E-state index contributed by atoms with van der Waals surface area (Å²) in [4.78, 5) is 16.8. The number of rotatable bonds is 5. The number of halogens is 3. The van der Waals surface area contributed by atoms with Crippen molar-refractivity contribution in [1.29, 1.82) is 0 Å². The minimum absolute atomic E-state index is 0.128. The van der Waals surface area contributed by atoms with E-state index in [1.165, 1.54) is 18.2 Å². The van der Waals surface area contributed by atoms with E-state index in [2.05, 4.69) is 27.4 Å². The van der Waals surface area contributed by atoms with Crippen molar-refractivity contribution in [3.8, 4) is 0 Å². The second-order valence-electron chi connectivity index (χ2n) is 7.07. The number of hydrogen-bond donors (Lipinski definition) is 2. The summed E-state index contributed by atoms with van der Waals surface area (Å²) in [5, 5.41) is 5.20. The Morgan fingerprint density at radius 3 is 2.41 bits per heavy atom. The topological polar surface area (TPSA) is 47.6 Å². The van der Waals surface area contributed by atoms with Crippen molar-refractivity contribution in [2.45, 2.75) is 19.9 Å². The summed E-state index contributed by atoms with van der Waals surface area (Å²) in [5.74, 6) is -2.42. The number of piperazine rings is 1. The molecule has 1 fully saturated rings. The maximum atomic E-state index is 13.9. The highest BCUT2D eigenvalue weighted by atomic mass is 19.2. The smallest absolute Gasteiger partial charge is 0.319 e. The summed E-state index contributed by atoms with van der Waals surface area (Å²) < 4.78 is 40.3. The molecule has 156 valence electrons. The zero-order chi connectivity index (χ0) is 21.0. The monoisotopic (exact) mass is 406 g/mol. The second-order valence-corrected chi connectivity index (χ2v) is 7.07. The molecule has 0 aromatic heterocycles. The molecule has 0 spiro atoms. The SMILES string of the molecule is CCN1CCN(c2ccc(F)cc2C(C)NC(=O)Nc2ccc(F)c(F)c2)CC1. The standard InChI is InChI=1S/C21H25F3N4O/c1-3-27-8-10-28(11-9-27)20-7-4-15(22)12-17(20)14(2)25-21(29)26-16-5-6-18(23)19(24)13-16/h4-7,12-14H,3,8-11H2,1-2H3,(H2,25,26,29). The van der Waals surface area contributed by atoms with Crippen molar-refractivity contribution in [1.82, 2.24) is 10.2 Å². The zero-order valence-corrected chi connectivity index (χ0v) is 16.5. The number of carbonyl (C=O) groups is 1. The van der Waals surface area contributed by atoms with Crippen molar-refractivity contribution in [2.24, 2.45) is 0 Å². The molecular formula is C21H25F3N4O. The van der Waals surface area contributed by atoms with Crippen molar-refractivity contribution < 1.29 is 18.0 Å². The predicted molar refractivity (Wildman–Crippen MR) is 108 cm³/mol. The molecule has 2 aromatic carbocycles. The van der Waals surface area contributed by atoms with Crippen LogP contribution in [0.5, 0.6) is 0 Å². The van der Waals surface area contributed by atoms with Crippen LogP contribution in [-0.2, 0) is 0 Å². The number of nitrogens with one attached hydrogen (secondary N) is 2. The Kier molecular flexibility index (Phi) is 6.64. The highest BCUT2D eigenvalue weighted by molar-refractivity contribution is 5.89. The van der Waals surface area contributed by atoms with Gasteiger partial charge in [0.15, 0.2) is 11.6 Å². The lowest BCUT2D eigenvalue weighted by atomic mass is 10.0. The van der Waals surface area contributed by atoms with Crippen LogP contribution in [0.1, 0.15) is 25.5 Å². The molecule has 2 N–H and O–H groups in total. The van der Waals surface area contributed by atoms with Crippen LogP contribution >= 0.6 is 0 Å². The second kappa shape index (κ2) is 9.17. The lowest BCUT2D eigenvalue weighted by Gasteiger charge is -2.37. The van der Waals surface area contributed by atoms with Crippen molar-refractivity contribution in [3.63, 3.8) is 0 Å². The summed E-state index contributed by atoms with van der Waals surface area (Å²) in [7, 11) is 0. The average Bonchev–Trinajstić information content (AvgIpc) is 2.70.